The Morgan fingerprint density at radius 2 is 2.04 bits per heavy atom. The van der Waals surface area contributed by atoms with Crippen LogP contribution in [0, 0.1) is 10.1 Å². The van der Waals surface area contributed by atoms with E-state index in [9.17, 15) is 14.9 Å². The molecule has 0 aliphatic heterocycles. The molecule has 1 amide bonds. The fourth-order valence-corrected chi connectivity index (χ4v) is 3.94. The topological polar surface area (TPSA) is 94.4 Å². The van der Waals surface area contributed by atoms with Gasteiger partial charge in [0.2, 0.25) is 0 Å². The molecule has 27 heavy (non-hydrogen) atoms. The van der Waals surface area contributed by atoms with Gasteiger partial charge in [-0.05, 0) is 47.9 Å². The fraction of sp³-hybridized carbons (Fsp3) is 0.333. The van der Waals surface area contributed by atoms with Crippen LogP contribution in [0.4, 0.5) is 16.2 Å². The van der Waals surface area contributed by atoms with Crippen LogP contribution in [0.5, 0.6) is 0 Å². The maximum Gasteiger partial charge on any atom is 0.411 e. The van der Waals surface area contributed by atoms with Crippen molar-refractivity contribution in [1.29, 1.82) is 0 Å². The first-order valence-corrected chi connectivity index (χ1v) is 10.7. The van der Waals surface area contributed by atoms with Crippen molar-refractivity contribution in [2.45, 2.75) is 37.0 Å². The number of carbonyl (C=O) groups is 1. The summed E-state index contributed by atoms with van der Waals surface area (Å²) in [5, 5.41) is 14.0. The van der Waals surface area contributed by atoms with Crippen molar-refractivity contribution in [2.24, 2.45) is 0 Å². The van der Waals surface area contributed by atoms with Crippen molar-refractivity contribution >= 4 is 39.1 Å². The Labute approximate surface area is 165 Å². The molecule has 2 rings (SSSR count). The summed E-state index contributed by atoms with van der Waals surface area (Å²) in [5.41, 5.74) is 1.89. The lowest BCUT2D eigenvalue weighted by molar-refractivity contribution is -0.385. The van der Waals surface area contributed by atoms with Crippen LogP contribution >= 0.6 is 21.6 Å². The summed E-state index contributed by atoms with van der Waals surface area (Å²) in [6, 6.07) is 10.7. The summed E-state index contributed by atoms with van der Waals surface area (Å²) >= 11 is 0. The normalized spacial score (nSPS) is 11.6. The van der Waals surface area contributed by atoms with E-state index in [4.69, 9.17) is 4.74 Å². The van der Waals surface area contributed by atoms with Crippen molar-refractivity contribution in [2.75, 3.05) is 11.9 Å². The Hall–Kier alpha value is -2.26. The highest BCUT2D eigenvalue weighted by Crippen LogP contribution is 2.33. The Morgan fingerprint density at radius 1 is 1.30 bits per heavy atom. The number of hydrogen-bond acceptors (Lipinski definition) is 7. The molecule has 9 heteroatoms. The van der Waals surface area contributed by atoms with Gasteiger partial charge in [-0.25, -0.2) is 9.78 Å². The molecule has 1 atom stereocenters. The van der Waals surface area contributed by atoms with Crippen molar-refractivity contribution in [3.63, 3.8) is 0 Å². The van der Waals surface area contributed by atoms with Gasteiger partial charge in [-0.1, -0.05) is 36.3 Å². The minimum Gasteiger partial charge on any atom is -0.448 e. The average Bonchev–Trinajstić information content (AvgIpc) is 2.67. The number of aryl methyl sites for hydroxylation is 1. The second-order valence-corrected chi connectivity index (χ2v) is 8.43. The molecule has 0 radical (unpaired) electrons. The Morgan fingerprint density at radius 3 is 2.63 bits per heavy atom. The molecule has 0 aliphatic rings. The van der Waals surface area contributed by atoms with Crippen molar-refractivity contribution in [3.8, 4) is 0 Å². The number of aromatic nitrogens is 1. The molecule has 0 aliphatic carbocycles. The number of nitrogens with zero attached hydrogens (tertiary/aromatic N) is 2. The number of benzene rings is 1. The van der Waals surface area contributed by atoms with E-state index >= 15 is 0 Å². The van der Waals surface area contributed by atoms with Gasteiger partial charge >= 0.3 is 6.09 Å². The molecule has 1 aromatic carbocycles. The SMILES string of the molecule is CCCc1ccc(NC(=O)OCC(C)SSc2ccc([N+](=O)[O-])cn2)cc1. The van der Waals surface area contributed by atoms with Gasteiger partial charge in [0, 0.05) is 17.0 Å². The first-order chi connectivity index (χ1) is 13.0. The lowest BCUT2D eigenvalue weighted by atomic mass is 10.1. The second-order valence-electron chi connectivity index (χ2n) is 5.77. The van der Waals surface area contributed by atoms with Gasteiger partial charge in [0.05, 0.1) is 4.92 Å². The van der Waals surface area contributed by atoms with Crippen molar-refractivity contribution < 1.29 is 14.5 Å². The highest BCUT2D eigenvalue weighted by molar-refractivity contribution is 8.76. The summed E-state index contributed by atoms with van der Waals surface area (Å²) in [6.45, 7) is 4.29. The molecule has 1 aromatic heterocycles. The van der Waals surface area contributed by atoms with E-state index in [0.717, 1.165) is 12.8 Å². The predicted molar refractivity (Wildman–Crippen MR) is 109 cm³/mol. The Kier molecular flexibility index (Phi) is 8.41. The molecule has 0 saturated carbocycles. The van der Waals surface area contributed by atoms with E-state index in [-0.39, 0.29) is 17.5 Å². The second kappa shape index (κ2) is 10.8. The predicted octanol–water partition coefficient (Wildman–Crippen LogP) is 5.32. The van der Waals surface area contributed by atoms with Crippen LogP contribution < -0.4 is 5.32 Å². The molecule has 0 saturated heterocycles. The van der Waals surface area contributed by atoms with E-state index < -0.39 is 11.0 Å². The minimum atomic E-state index is -0.496. The van der Waals surface area contributed by atoms with Crippen LogP contribution in [-0.4, -0.2) is 27.9 Å². The molecule has 0 bridgehead atoms. The Bertz CT molecular complexity index is 754. The number of hydrogen-bond donors (Lipinski definition) is 1. The van der Waals surface area contributed by atoms with E-state index in [1.807, 2.05) is 31.2 Å². The number of nitro groups is 1. The standard InChI is InChI=1S/C18H21N3O4S2/c1-3-4-14-5-7-15(8-6-14)20-18(22)25-12-13(2)26-27-17-10-9-16(11-19-17)21(23)24/h5-11,13H,3-4,12H2,1-2H3,(H,20,22). The molecule has 144 valence electrons. The summed E-state index contributed by atoms with van der Waals surface area (Å²) in [5.74, 6) is 0. The molecule has 1 N–H and O–H groups in total. The maximum absolute atomic E-state index is 11.9. The van der Waals surface area contributed by atoms with Crippen LogP contribution in [0.25, 0.3) is 0 Å². The molecule has 1 unspecified atom stereocenters. The molecular weight excluding hydrogens is 386 g/mol. The monoisotopic (exact) mass is 407 g/mol. The smallest absolute Gasteiger partial charge is 0.411 e. The van der Waals surface area contributed by atoms with E-state index in [1.165, 1.54) is 39.4 Å². The van der Waals surface area contributed by atoms with Gasteiger partial charge in [-0.15, -0.1) is 0 Å². The minimum absolute atomic E-state index is 0.0321. The van der Waals surface area contributed by atoms with Crippen LogP contribution in [0.2, 0.25) is 0 Å². The first-order valence-electron chi connectivity index (χ1n) is 8.44. The molecule has 2 aromatic rings. The van der Waals surface area contributed by atoms with Gasteiger partial charge in [0.25, 0.3) is 5.69 Å². The highest BCUT2D eigenvalue weighted by atomic mass is 33.1. The zero-order chi connectivity index (χ0) is 19.6. The van der Waals surface area contributed by atoms with E-state index in [2.05, 4.69) is 17.2 Å². The van der Waals surface area contributed by atoms with Crippen LogP contribution in [0.1, 0.15) is 25.8 Å². The van der Waals surface area contributed by atoms with Gasteiger partial charge in [-0.2, -0.15) is 0 Å². The number of pyridine rings is 1. The summed E-state index contributed by atoms with van der Waals surface area (Å²) in [6.07, 6.45) is 2.83. The number of amides is 1. The molecule has 0 fully saturated rings. The van der Waals surface area contributed by atoms with E-state index in [1.54, 1.807) is 6.07 Å². The zero-order valence-corrected chi connectivity index (χ0v) is 16.7. The third kappa shape index (κ3) is 7.48. The van der Waals surface area contributed by atoms with E-state index in [0.29, 0.717) is 10.7 Å². The number of nitrogens with one attached hydrogen (secondary N) is 1. The quantitative estimate of drug-likeness (QED) is 0.341. The number of ether oxygens (including phenoxy) is 1. The number of rotatable bonds is 9. The van der Waals surface area contributed by atoms with Gasteiger partial charge < -0.3 is 4.74 Å². The summed E-state index contributed by atoms with van der Waals surface area (Å²) in [4.78, 5) is 26.0. The third-order valence-electron chi connectivity index (χ3n) is 3.42. The maximum atomic E-state index is 11.9. The fourth-order valence-electron chi connectivity index (χ4n) is 2.08. The lowest BCUT2D eigenvalue weighted by Gasteiger charge is -2.12. The number of anilines is 1. The van der Waals surface area contributed by atoms with Gasteiger partial charge in [0.15, 0.2) is 0 Å². The van der Waals surface area contributed by atoms with Crippen LogP contribution in [0.15, 0.2) is 47.6 Å². The molecule has 7 nitrogen and oxygen atoms in total. The van der Waals surface area contributed by atoms with Crippen molar-refractivity contribution in [3.05, 3.63) is 58.3 Å². The zero-order valence-electron chi connectivity index (χ0n) is 15.1. The third-order valence-corrected chi connectivity index (χ3v) is 6.18. The van der Waals surface area contributed by atoms with Gasteiger partial charge in [0.1, 0.15) is 17.8 Å². The average molecular weight is 408 g/mol. The largest absolute Gasteiger partial charge is 0.448 e. The Balaban J connectivity index is 1.70. The molecular formula is C18H21N3O4S2. The highest BCUT2D eigenvalue weighted by Gasteiger charge is 2.11. The summed E-state index contributed by atoms with van der Waals surface area (Å²) in [7, 11) is 2.86. The van der Waals surface area contributed by atoms with Crippen LogP contribution in [-0.2, 0) is 11.2 Å². The lowest BCUT2D eigenvalue weighted by Crippen LogP contribution is -2.18. The first kappa shape index (κ1) is 21.0. The molecule has 0 spiro atoms. The van der Waals surface area contributed by atoms with Crippen molar-refractivity contribution in [1.82, 2.24) is 4.98 Å². The molecule has 1 heterocycles. The summed E-state index contributed by atoms with van der Waals surface area (Å²) < 4.78 is 5.23. The number of carbonyl (C=O) groups excluding carboxylic acids is 1. The van der Waals surface area contributed by atoms with Crippen LogP contribution in [0.3, 0.4) is 0 Å². The van der Waals surface area contributed by atoms with Gasteiger partial charge in [-0.3, -0.25) is 15.4 Å².